The van der Waals surface area contributed by atoms with Crippen molar-refractivity contribution in [1.29, 1.82) is 0 Å². The van der Waals surface area contributed by atoms with Crippen LogP contribution in [0.2, 0.25) is 0 Å². The lowest BCUT2D eigenvalue weighted by atomic mass is 10.4. The van der Waals surface area contributed by atoms with Gasteiger partial charge in [0.1, 0.15) is 12.3 Å². The van der Waals surface area contributed by atoms with Crippen LogP contribution in [0.5, 0.6) is 5.75 Å². The highest BCUT2D eigenvalue weighted by atomic mass is 32.1. The molecule has 1 aliphatic rings. The number of thiophene rings is 1. The first-order valence-electron chi connectivity index (χ1n) is 2.68. The van der Waals surface area contributed by atoms with E-state index in [2.05, 4.69) is 4.99 Å². The molecule has 0 spiro atoms. The largest absolute Gasteiger partial charge is 0.485 e. The smallest absolute Gasteiger partial charge is 0.156 e. The van der Waals surface area contributed by atoms with Gasteiger partial charge < -0.3 is 4.74 Å². The Morgan fingerprint density at radius 2 is 2.56 bits per heavy atom. The van der Waals surface area contributed by atoms with Crippen molar-refractivity contribution in [2.24, 2.45) is 4.99 Å². The van der Waals surface area contributed by atoms with Crippen LogP contribution < -0.4 is 4.74 Å². The van der Waals surface area contributed by atoms with Crippen LogP contribution in [0.4, 0.5) is 5.69 Å². The molecule has 46 valence electrons. The number of hydrogen-bond donors (Lipinski definition) is 0. The number of ether oxygens (including phenoxy) is 1. The summed E-state index contributed by atoms with van der Waals surface area (Å²) in [6.07, 6.45) is 1.77. The van der Waals surface area contributed by atoms with E-state index in [0.29, 0.717) is 6.61 Å². The van der Waals surface area contributed by atoms with Gasteiger partial charge in [0.05, 0.1) is 0 Å². The number of rotatable bonds is 0. The summed E-state index contributed by atoms with van der Waals surface area (Å²) in [5.41, 5.74) is 0.964. The maximum Gasteiger partial charge on any atom is 0.156 e. The Hall–Kier alpha value is -0.830. The zero-order valence-electron chi connectivity index (χ0n) is 4.70. The SMILES string of the molecule is C1=Nc2cscc2OC1. The minimum Gasteiger partial charge on any atom is -0.485 e. The molecule has 2 rings (SSSR count). The highest BCUT2D eigenvalue weighted by Gasteiger charge is 2.05. The molecule has 0 amide bonds. The first kappa shape index (κ1) is 4.99. The lowest BCUT2D eigenvalue weighted by molar-refractivity contribution is 0.378. The second-order valence-corrected chi connectivity index (χ2v) is 2.49. The van der Waals surface area contributed by atoms with Gasteiger partial charge in [-0.05, 0) is 0 Å². The molecular weight excluding hydrogens is 134 g/mol. The predicted molar refractivity (Wildman–Crippen MR) is 38.0 cm³/mol. The zero-order chi connectivity index (χ0) is 6.10. The molecule has 1 aromatic heterocycles. The Bertz CT molecular complexity index is 241. The third-order valence-electron chi connectivity index (χ3n) is 1.15. The van der Waals surface area contributed by atoms with Gasteiger partial charge >= 0.3 is 0 Å². The van der Waals surface area contributed by atoms with Gasteiger partial charge in [-0.3, -0.25) is 4.99 Å². The van der Waals surface area contributed by atoms with E-state index in [4.69, 9.17) is 4.74 Å². The molecule has 2 heterocycles. The van der Waals surface area contributed by atoms with Gasteiger partial charge in [-0.15, -0.1) is 11.3 Å². The number of hydrogen-bond acceptors (Lipinski definition) is 3. The quantitative estimate of drug-likeness (QED) is 0.537. The van der Waals surface area contributed by atoms with Crippen molar-refractivity contribution in [3.63, 3.8) is 0 Å². The van der Waals surface area contributed by atoms with Crippen LogP contribution in [-0.2, 0) is 0 Å². The van der Waals surface area contributed by atoms with Crippen molar-refractivity contribution in [1.82, 2.24) is 0 Å². The highest BCUT2D eigenvalue weighted by molar-refractivity contribution is 7.08. The van der Waals surface area contributed by atoms with Gasteiger partial charge in [0.15, 0.2) is 5.75 Å². The molecule has 1 aliphatic heterocycles. The Labute approximate surface area is 56.8 Å². The van der Waals surface area contributed by atoms with E-state index in [1.165, 1.54) is 0 Å². The van der Waals surface area contributed by atoms with E-state index >= 15 is 0 Å². The van der Waals surface area contributed by atoms with Crippen LogP contribution in [-0.4, -0.2) is 12.8 Å². The molecule has 0 saturated carbocycles. The average Bonchev–Trinajstić information content (AvgIpc) is 2.33. The Morgan fingerprint density at radius 3 is 3.44 bits per heavy atom. The Morgan fingerprint density at radius 1 is 1.56 bits per heavy atom. The fourth-order valence-corrected chi connectivity index (χ4v) is 1.43. The standard InChI is InChI=1S/C6H5NOS/c1-2-8-6-4-9-3-5(6)7-1/h1,3-4H,2H2. The van der Waals surface area contributed by atoms with Crippen LogP contribution >= 0.6 is 11.3 Å². The van der Waals surface area contributed by atoms with E-state index in [1.54, 1.807) is 17.6 Å². The van der Waals surface area contributed by atoms with Crippen molar-refractivity contribution < 1.29 is 4.74 Å². The van der Waals surface area contributed by atoms with Gasteiger partial charge in [0.2, 0.25) is 0 Å². The molecule has 0 bridgehead atoms. The van der Waals surface area contributed by atoms with E-state index in [-0.39, 0.29) is 0 Å². The third kappa shape index (κ3) is 0.733. The van der Waals surface area contributed by atoms with Crippen molar-refractivity contribution in [2.45, 2.75) is 0 Å². The number of aliphatic imine (C=N–C) groups is 1. The summed E-state index contributed by atoms with van der Waals surface area (Å²) in [5, 5.41) is 3.94. The molecule has 0 N–H and O–H groups in total. The summed E-state index contributed by atoms with van der Waals surface area (Å²) in [6, 6.07) is 0. The first-order valence-corrected chi connectivity index (χ1v) is 3.62. The molecule has 0 fully saturated rings. The van der Waals surface area contributed by atoms with Gasteiger partial charge in [-0.25, -0.2) is 0 Å². The van der Waals surface area contributed by atoms with Crippen molar-refractivity contribution in [2.75, 3.05) is 6.61 Å². The van der Waals surface area contributed by atoms with Crippen LogP contribution in [0.1, 0.15) is 0 Å². The first-order chi connectivity index (χ1) is 4.47. The minimum atomic E-state index is 0.615. The molecule has 9 heavy (non-hydrogen) atoms. The number of fused-ring (bicyclic) bond motifs is 1. The summed E-state index contributed by atoms with van der Waals surface area (Å²) < 4.78 is 5.22. The maximum absolute atomic E-state index is 5.22. The second kappa shape index (κ2) is 1.84. The number of nitrogens with zero attached hydrogens (tertiary/aromatic N) is 1. The van der Waals surface area contributed by atoms with Gasteiger partial charge in [-0.2, -0.15) is 0 Å². The molecular formula is C6H5NOS. The molecule has 2 nitrogen and oxygen atoms in total. The monoisotopic (exact) mass is 139 g/mol. The topological polar surface area (TPSA) is 21.6 Å². The minimum absolute atomic E-state index is 0.615. The van der Waals surface area contributed by atoms with E-state index < -0.39 is 0 Å². The van der Waals surface area contributed by atoms with E-state index in [1.807, 2.05) is 10.8 Å². The zero-order valence-corrected chi connectivity index (χ0v) is 5.52. The Balaban J connectivity index is 2.53. The maximum atomic E-state index is 5.22. The van der Waals surface area contributed by atoms with Crippen molar-refractivity contribution in [3.8, 4) is 5.75 Å². The average molecular weight is 139 g/mol. The lowest BCUT2D eigenvalue weighted by Crippen LogP contribution is -2.00. The molecule has 0 atom stereocenters. The fourth-order valence-electron chi connectivity index (χ4n) is 0.743. The fraction of sp³-hybridized carbons (Fsp3) is 0.167. The van der Waals surface area contributed by atoms with Gasteiger partial charge in [0, 0.05) is 17.0 Å². The third-order valence-corrected chi connectivity index (χ3v) is 1.86. The molecule has 0 radical (unpaired) electrons. The van der Waals surface area contributed by atoms with Crippen molar-refractivity contribution >= 4 is 23.2 Å². The van der Waals surface area contributed by atoms with Crippen LogP contribution in [0.25, 0.3) is 0 Å². The summed E-state index contributed by atoms with van der Waals surface area (Å²) >= 11 is 1.62. The summed E-state index contributed by atoms with van der Waals surface area (Å²) in [6.45, 7) is 0.615. The summed E-state index contributed by atoms with van der Waals surface area (Å²) in [4.78, 5) is 4.11. The van der Waals surface area contributed by atoms with Crippen molar-refractivity contribution in [3.05, 3.63) is 10.8 Å². The predicted octanol–water partition coefficient (Wildman–Crippen LogP) is 1.84. The summed E-state index contributed by atoms with van der Waals surface area (Å²) in [7, 11) is 0. The normalized spacial score (nSPS) is 14.7. The lowest BCUT2D eigenvalue weighted by Gasteiger charge is -2.04. The second-order valence-electron chi connectivity index (χ2n) is 1.74. The Kier molecular flexibility index (Phi) is 1.02. The van der Waals surface area contributed by atoms with Crippen LogP contribution in [0.15, 0.2) is 15.8 Å². The molecule has 0 aromatic carbocycles. The highest BCUT2D eigenvalue weighted by Crippen LogP contribution is 2.32. The molecule has 3 heteroatoms. The molecule has 0 aliphatic carbocycles. The summed E-state index contributed by atoms with van der Waals surface area (Å²) in [5.74, 6) is 0.919. The van der Waals surface area contributed by atoms with Crippen LogP contribution in [0, 0.1) is 0 Å². The molecule has 1 aromatic rings. The van der Waals surface area contributed by atoms with Gasteiger partial charge in [-0.1, -0.05) is 0 Å². The van der Waals surface area contributed by atoms with E-state index in [9.17, 15) is 0 Å². The van der Waals surface area contributed by atoms with Gasteiger partial charge in [0.25, 0.3) is 0 Å². The molecule has 0 unspecified atom stereocenters. The molecule has 0 saturated heterocycles. The van der Waals surface area contributed by atoms with Crippen LogP contribution in [0.3, 0.4) is 0 Å². The van der Waals surface area contributed by atoms with E-state index in [0.717, 1.165) is 11.4 Å².